The number of nitrogens with zero attached hydrogens (tertiary/aromatic N) is 2. The van der Waals surface area contributed by atoms with Crippen molar-refractivity contribution in [2.75, 3.05) is 32.7 Å². The largest absolute Gasteiger partial charge is 0.336 e. The molecule has 114 valence electrons. The molecule has 2 heterocycles. The van der Waals surface area contributed by atoms with Gasteiger partial charge in [-0.2, -0.15) is 0 Å². The van der Waals surface area contributed by atoms with Gasteiger partial charge in [0.2, 0.25) is 5.91 Å². The first-order chi connectivity index (χ1) is 10.2. The van der Waals surface area contributed by atoms with Gasteiger partial charge >= 0.3 is 0 Å². The van der Waals surface area contributed by atoms with Gasteiger partial charge in [0.15, 0.2) is 0 Å². The van der Waals surface area contributed by atoms with Crippen molar-refractivity contribution in [2.45, 2.75) is 25.4 Å². The van der Waals surface area contributed by atoms with Crippen LogP contribution in [0.3, 0.4) is 0 Å². The van der Waals surface area contributed by atoms with E-state index in [-0.39, 0.29) is 11.7 Å². The average molecular weight is 291 g/mol. The van der Waals surface area contributed by atoms with Crippen LogP contribution in [0.25, 0.3) is 0 Å². The molecule has 1 N–H and O–H groups in total. The van der Waals surface area contributed by atoms with E-state index in [2.05, 4.69) is 10.2 Å². The standard InChI is InChI=1S/C16H22FN3O/c17-14-4-1-3-13(9-14)11-19-7-2-5-15(12-19)20-8-6-18-10-16(20)21/h1,3-4,9,15,18H,2,5-8,10-12H2. The molecule has 21 heavy (non-hydrogen) atoms. The molecular weight excluding hydrogens is 269 g/mol. The van der Waals surface area contributed by atoms with Crippen LogP contribution in [-0.2, 0) is 11.3 Å². The van der Waals surface area contributed by atoms with Gasteiger partial charge in [0, 0.05) is 32.2 Å². The third-order valence-electron chi connectivity index (χ3n) is 4.34. The first kappa shape index (κ1) is 14.5. The van der Waals surface area contributed by atoms with Crippen molar-refractivity contribution in [1.29, 1.82) is 0 Å². The van der Waals surface area contributed by atoms with Crippen molar-refractivity contribution in [1.82, 2.24) is 15.1 Å². The number of piperazine rings is 1. The molecule has 3 rings (SSSR count). The molecule has 0 bridgehead atoms. The third kappa shape index (κ3) is 3.60. The quantitative estimate of drug-likeness (QED) is 0.909. The smallest absolute Gasteiger partial charge is 0.236 e. The fourth-order valence-electron chi connectivity index (χ4n) is 3.33. The van der Waals surface area contributed by atoms with E-state index in [0.717, 1.165) is 51.1 Å². The van der Waals surface area contributed by atoms with Gasteiger partial charge in [-0.15, -0.1) is 0 Å². The van der Waals surface area contributed by atoms with Crippen LogP contribution in [0.15, 0.2) is 24.3 Å². The van der Waals surface area contributed by atoms with Crippen molar-refractivity contribution in [3.63, 3.8) is 0 Å². The van der Waals surface area contributed by atoms with Crippen LogP contribution < -0.4 is 5.32 Å². The highest BCUT2D eigenvalue weighted by Gasteiger charge is 2.29. The lowest BCUT2D eigenvalue weighted by molar-refractivity contribution is -0.135. The Morgan fingerprint density at radius 1 is 1.33 bits per heavy atom. The number of rotatable bonds is 3. The maximum Gasteiger partial charge on any atom is 0.236 e. The van der Waals surface area contributed by atoms with Crippen LogP contribution in [0.4, 0.5) is 4.39 Å². The Balaban J connectivity index is 1.61. The van der Waals surface area contributed by atoms with E-state index in [9.17, 15) is 9.18 Å². The summed E-state index contributed by atoms with van der Waals surface area (Å²) in [6.45, 7) is 4.81. The fourth-order valence-corrected chi connectivity index (χ4v) is 3.33. The molecule has 1 unspecified atom stereocenters. The summed E-state index contributed by atoms with van der Waals surface area (Å²) in [6, 6.07) is 7.10. The molecule has 1 atom stereocenters. The van der Waals surface area contributed by atoms with Crippen molar-refractivity contribution in [3.8, 4) is 0 Å². The number of piperidine rings is 1. The van der Waals surface area contributed by atoms with E-state index in [0.29, 0.717) is 12.6 Å². The van der Waals surface area contributed by atoms with Gasteiger partial charge in [-0.05, 0) is 37.1 Å². The van der Waals surface area contributed by atoms with Crippen LogP contribution in [0.5, 0.6) is 0 Å². The van der Waals surface area contributed by atoms with Crippen molar-refractivity contribution >= 4 is 5.91 Å². The number of nitrogens with one attached hydrogen (secondary N) is 1. The zero-order valence-corrected chi connectivity index (χ0v) is 12.2. The monoisotopic (exact) mass is 291 g/mol. The molecule has 0 saturated carbocycles. The van der Waals surface area contributed by atoms with Crippen LogP contribution in [0, 0.1) is 5.82 Å². The molecule has 2 aliphatic rings. The highest BCUT2D eigenvalue weighted by molar-refractivity contribution is 5.79. The Labute approximate surface area is 124 Å². The molecule has 1 amide bonds. The van der Waals surface area contributed by atoms with Crippen LogP contribution >= 0.6 is 0 Å². The second-order valence-corrected chi connectivity index (χ2v) is 5.92. The van der Waals surface area contributed by atoms with E-state index < -0.39 is 0 Å². The first-order valence-electron chi connectivity index (χ1n) is 7.69. The van der Waals surface area contributed by atoms with Crippen molar-refractivity contribution < 1.29 is 9.18 Å². The summed E-state index contributed by atoms with van der Waals surface area (Å²) in [5, 5.41) is 3.11. The Morgan fingerprint density at radius 3 is 3.05 bits per heavy atom. The lowest BCUT2D eigenvalue weighted by Gasteiger charge is -2.41. The summed E-state index contributed by atoms with van der Waals surface area (Å²) in [7, 11) is 0. The number of carbonyl (C=O) groups excluding carboxylic acids is 1. The number of hydrogen-bond donors (Lipinski definition) is 1. The highest BCUT2D eigenvalue weighted by Crippen LogP contribution is 2.19. The number of likely N-dealkylation sites (tertiary alicyclic amines) is 1. The minimum Gasteiger partial charge on any atom is -0.336 e. The zero-order chi connectivity index (χ0) is 14.7. The van der Waals surface area contributed by atoms with Gasteiger partial charge in [-0.3, -0.25) is 9.69 Å². The Hall–Kier alpha value is -1.46. The van der Waals surface area contributed by atoms with Crippen LogP contribution in [0.1, 0.15) is 18.4 Å². The number of carbonyl (C=O) groups is 1. The predicted molar refractivity (Wildman–Crippen MR) is 79.3 cm³/mol. The highest BCUT2D eigenvalue weighted by atomic mass is 19.1. The van der Waals surface area contributed by atoms with E-state index in [1.165, 1.54) is 6.07 Å². The van der Waals surface area contributed by atoms with E-state index in [1.807, 2.05) is 11.0 Å². The van der Waals surface area contributed by atoms with Gasteiger partial charge in [0.1, 0.15) is 5.82 Å². The first-order valence-corrected chi connectivity index (χ1v) is 7.69. The minimum absolute atomic E-state index is 0.182. The SMILES string of the molecule is O=C1CNCCN1C1CCCN(Cc2cccc(F)c2)C1. The van der Waals surface area contributed by atoms with Gasteiger partial charge in [0.05, 0.1) is 6.54 Å². The molecule has 2 aliphatic heterocycles. The molecule has 2 fully saturated rings. The molecule has 4 nitrogen and oxygen atoms in total. The van der Waals surface area contributed by atoms with Gasteiger partial charge in [-0.25, -0.2) is 4.39 Å². The number of amides is 1. The molecule has 0 spiro atoms. The minimum atomic E-state index is -0.182. The molecule has 0 aromatic heterocycles. The molecule has 1 aromatic rings. The molecule has 0 aliphatic carbocycles. The third-order valence-corrected chi connectivity index (χ3v) is 4.34. The van der Waals surface area contributed by atoms with Gasteiger partial charge < -0.3 is 10.2 Å². The Morgan fingerprint density at radius 2 is 2.24 bits per heavy atom. The molecule has 0 radical (unpaired) electrons. The summed E-state index contributed by atoms with van der Waals surface area (Å²) in [5.41, 5.74) is 1.00. The Kier molecular flexibility index (Phi) is 4.51. The second kappa shape index (κ2) is 6.54. The maximum absolute atomic E-state index is 13.3. The van der Waals surface area contributed by atoms with E-state index >= 15 is 0 Å². The van der Waals surface area contributed by atoms with Gasteiger partial charge in [-0.1, -0.05) is 12.1 Å². The summed E-state index contributed by atoms with van der Waals surface area (Å²) in [5.74, 6) is 0.0252. The van der Waals surface area contributed by atoms with Crippen molar-refractivity contribution in [2.24, 2.45) is 0 Å². The topological polar surface area (TPSA) is 35.6 Å². The number of halogens is 1. The zero-order valence-electron chi connectivity index (χ0n) is 12.2. The lowest BCUT2D eigenvalue weighted by atomic mass is 10.0. The molecule has 1 aromatic carbocycles. The lowest BCUT2D eigenvalue weighted by Crippen LogP contribution is -2.56. The fraction of sp³-hybridized carbons (Fsp3) is 0.562. The number of hydrogen-bond acceptors (Lipinski definition) is 3. The molecule has 5 heteroatoms. The van der Waals surface area contributed by atoms with Crippen molar-refractivity contribution in [3.05, 3.63) is 35.6 Å². The van der Waals surface area contributed by atoms with Crippen LogP contribution in [-0.4, -0.2) is 54.5 Å². The average Bonchev–Trinajstić information content (AvgIpc) is 2.48. The molecular formula is C16H22FN3O. The summed E-state index contributed by atoms with van der Waals surface area (Å²) < 4.78 is 13.3. The maximum atomic E-state index is 13.3. The van der Waals surface area contributed by atoms with E-state index in [1.54, 1.807) is 12.1 Å². The number of benzene rings is 1. The predicted octanol–water partition coefficient (Wildman–Crippen LogP) is 1.22. The van der Waals surface area contributed by atoms with E-state index in [4.69, 9.17) is 0 Å². The van der Waals surface area contributed by atoms with Gasteiger partial charge in [0.25, 0.3) is 0 Å². The van der Waals surface area contributed by atoms with Crippen LogP contribution in [0.2, 0.25) is 0 Å². The summed E-state index contributed by atoms with van der Waals surface area (Å²) in [6.07, 6.45) is 2.17. The summed E-state index contributed by atoms with van der Waals surface area (Å²) in [4.78, 5) is 16.4. The summed E-state index contributed by atoms with van der Waals surface area (Å²) >= 11 is 0. The molecule has 2 saturated heterocycles. The normalized spacial score (nSPS) is 24.3. The second-order valence-electron chi connectivity index (χ2n) is 5.92. The Bertz CT molecular complexity index is 508.